The lowest BCUT2D eigenvalue weighted by Crippen LogP contribution is -2.28. The summed E-state index contributed by atoms with van der Waals surface area (Å²) in [4.78, 5) is 14.0. The van der Waals surface area contributed by atoms with Gasteiger partial charge < -0.3 is 10.7 Å². The first kappa shape index (κ1) is 19.4. The Hall–Kier alpha value is -2.39. The number of nitrogens with two attached hydrogens (primary N) is 1. The predicted octanol–water partition coefficient (Wildman–Crippen LogP) is 3.31. The van der Waals surface area contributed by atoms with Gasteiger partial charge in [-0.05, 0) is 23.8 Å². The summed E-state index contributed by atoms with van der Waals surface area (Å²) in [6.07, 6.45) is 0. The van der Waals surface area contributed by atoms with E-state index in [1.807, 2.05) is 24.3 Å². The average Bonchev–Trinajstić information content (AvgIpc) is 3.02. The smallest absolute Gasteiger partial charge is 0.233 e. The van der Waals surface area contributed by atoms with Crippen LogP contribution in [-0.4, -0.2) is 38.5 Å². The van der Waals surface area contributed by atoms with Crippen molar-refractivity contribution >= 4 is 33.6 Å². The molecule has 0 unspecified atom stereocenters. The van der Waals surface area contributed by atoms with Gasteiger partial charge in [0.25, 0.3) is 0 Å². The van der Waals surface area contributed by atoms with Gasteiger partial charge >= 0.3 is 0 Å². The molecule has 27 heavy (non-hydrogen) atoms. The molecule has 1 heterocycles. The van der Waals surface area contributed by atoms with Crippen LogP contribution in [0.25, 0.3) is 11.4 Å². The Balaban J connectivity index is 1.64. The maximum absolute atomic E-state index is 13.9. The Kier molecular flexibility index (Phi) is 6.12. The Morgan fingerprint density at radius 3 is 2.67 bits per heavy atom. The molecule has 2 N–H and O–H groups in total. The second kappa shape index (κ2) is 8.53. The molecule has 0 aliphatic carbocycles. The van der Waals surface area contributed by atoms with E-state index in [0.717, 1.165) is 21.8 Å². The SMILES string of the molecule is CN(Cc1ccccc1Br)C(=O)CSc1nnc(-c2ccccc2F)n1N. The zero-order valence-corrected chi connectivity index (χ0v) is 16.9. The summed E-state index contributed by atoms with van der Waals surface area (Å²) < 4.78 is 16.1. The van der Waals surface area contributed by atoms with Crippen molar-refractivity contribution in [1.82, 2.24) is 19.8 Å². The third-order valence-electron chi connectivity index (χ3n) is 3.90. The Morgan fingerprint density at radius 1 is 1.22 bits per heavy atom. The van der Waals surface area contributed by atoms with Gasteiger partial charge in [0, 0.05) is 18.1 Å². The first-order valence-electron chi connectivity index (χ1n) is 8.03. The van der Waals surface area contributed by atoms with E-state index in [2.05, 4.69) is 26.1 Å². The highest BCUT2D eigenvalue weighted by atomic mass is 79.9. The van der Waals surface area contributed by atoms with Crippen LogP contribution in [0.15, 0.2) is 58.2 Å². The lowest BCUT2D eigenvalue weighted by Gasteiger charge is -2.17. The van der Waals surface area contributed by atoms with E-state index in [4.69, 9.17) is 5.84 Å². The van der Waals surface area contributed by atoms with Gasteiger partial charge in [-0.3, -0.25) is 4.79 Å². The molecule has 0 saturated heterocycles. The lowest BCUT2D eigenvalue weighted by atomic mass is 10.2. The molecule has 0 aliphatic rings. The molecule has 0 saturated carbocycles. The highest BCUT2D eigenvalue weighted by Crippen LogP contribution is 2.24. The maximum Gasteiger partial charge on any atom is 0.233 e. The molecule has 140 valence electrons. The van der Waals surface area contributed by atoms with Crippen LogP contribution in [-0.2, 0) is 11.3 Å². The van der Waals surface area contributed by atoms with Crippen LogP contribution in [0.5, 0.6) is 0 Å². The van der Waals surface area contributed by atoms with Crippen molar-refractivity contribution < 1.29 is 9.18 Å². The van der Waals surface area contributed by atoms with Gasteiger partial charge in [0.05, 0.1) is 11.3 Å². The molecule has 6 nitrogen and oxygen atoms in total. The van der Waals surface area contributed by atoms with Crippen LogP contribution in [0.3, 0.4) is 0 Å². The van der Waals surface area contributed by atoms with Gasteiger partial charge in [-0.15, -0.1) is 10.2 Å². The molecule has 0 bridgehead atoms. The van der Waals surface area contributed by atoms with Gasteiger partial charge in [0.15, 0.2) is 5.82 Å². The van der Waals surface area contributed by atoms with Crippen LogP contribution in [0.2, 0.25) is 0 Å². The van der Waals surface area contributed by atoms with Gasteiger partial charge in [0.1, 0.15) is 5.82 Å². The van der Waals surface area contributed by atoms with E-state index in [0.29, 0.717) is 11.7 Å². The largest absolute Gasteiger partial charge is 0.341 e. The molecule has 1 aromatic heterocycles. The number of halogens is 2. The molecule has 0 atom stereocenters. The number of nitrogens with zero attached hydrogens (tertiary/aromatic N) is 4. The van der Waals surface area contributed by atoms with E-state index >= 15 is 0 Å². The summed E-state index contributed by atoms with van der Waals surface area (Å²) in [5.74, 6) is 5.83. The molecular formula is C18H17BrFN5OS. The quantitative estimate of drug-likeness (QED) is 0.461. The first-order valence-corrected chi connectivity index (χ1v) is 9.80. The van der Waals surface area contributed by atoms with Crippen LogP contribution in [0, 0.1) is 5.82 Å². The molecule has 0 aliphatic heterocycles. The standard InChI is InChI=1S/C18H17BrFN5OS/c1-24(10-12-6-2-4-8-14(12)19)16(26)11-27-18-23-22-17(25(18)21)13-7-3-5-9-15(13)20/h2-9H,10-11,21H2,1H3. The Morgan fingerprint density at radius 2 is 1.93 bits per heavy atom. The number of thioether (sulfide) groups is 1. The number of hydrogen-bond acceptors (Lipinski definition) is 5. The molecule has 0 spiro atoms. The number of rotatable bonds is 6. The van der Waals surface area contributed by atoms with E-state index in [-0.39, 0.29) is 23.0 Å². The molecule has 2 aromatic carbocycles. The van der Waals surface area contributed by atoms with Gasteiger partial charge in [-0.25, -0.2) is 9.07 Å². The highest BCUT2D eigenvalue weighted by molar-refractivity contribution is 9.10. The monoisotopic (exact) mass is 449 g/mol. The topological polar surface area (TPSA) is 77.0 Å². The van der Waals surface area contributed by atoms with Crippen LogP contribution in [0.4, 0.5) is 4.39 Å². The first-order chi connectivity index (χ1) is 13.0. The van der Waals surface area contributed by atoms with Crippen LogP contribution in [0.1, 0.15) is 5.56 Å². The molecule has 9 heteroatoms. The molecule has 3 aromatic rings. The highest BCUT2D eigenvalue weighted by Gasteiger charge is 2.17. The second-order valence-electron chi connectivity index (χ2n) is 5.79. The Bertz CT molecular complexity index is 964. The molecule has 0 fully saturated rings. The van der Waals surface area contributed by atoms with Gasteiger partial charge in [-0.2, -0.15) is 0 Å². The minimum atomic E-state index is -0.433. The summed E-state index contributed by atoms with van der Waals surface area (Å²) in [7, 11) is 1.74. The second-order valence-corrected chi connectivity index (χ2v) is 7.58. The summed E-state index contributed by atoms with van der Waals surface area (Å²) in [5, 5.41) is 8.26. The summed E-state index contributed by atoms with van der Waals surface area (Å²) in [6.45, 7) is 0.483. The number of aromatic nitrogens is 3. The Labute approximate surface area is 168 Å². The number of hydrogen-bond donors (Lipinski definition) is 1. The number of nitrogen functional groups attached to an aromatic ring is 1. The van der Waals surface area contributed by atoms with E-state index in [9.17, 15) is 9.18 Å². The van der Waals surface area contributed by atoms with Crippen LogP contribution >= 0.6 is 27.7 Å². The third kappa shape index (κ3) is 4.48. The minimum Gasteiger partial charge on any atom is -0.341 e. The zero-order chi connectivity index (χ0) is 19.4. The van der Waals surface area contributed by atoms with Gasteiger partial charge in [-0.1, -0.05) is 58.0 Å². The van der Waals surface area contributed by atoms with E-state index in [1.54, 1.807) is 30.1 Å². The van der Waals surface area contributed by atoms with E-state index < -0.39 is 5.82 Å². The van der Waals surface area contributed by atoms with Crippen molar-refractivity contribution in [3.8, 4) is 11.4 Å². The van der Waals surface area contributed by atoms with Crippen molar-refractivity contribution in [3.63, 3.8) is 0 Å². The molecule has 3 rings (SSSR count). The average molecular weight is 450 g/mol. The maximum atomic E-state index is 13.9. The third-order valence-corrected chi connectivity index (χ3v) is 5.60. The van der Waals surface area contributed by atoms with Crippen molar-refractivity contribution in [2.45, 2.75) is 11.7 Å². The van der Waals surface area contributed by atoms with E-state index in [1.165, 1.54) is 10.7 Å². The minimum absolute atomic E-state index is 0.0776. The fourth-order valence-corrected chi connectivity index (χ4v) is 3.62. The van der Waals surface area contributed by atoms with Crippen molar-refractivity contribution in [3.05, 3.63) is 64.4 Å². The molecule has 0 radical (unpaired) electrons. The molecular weight excluding hydrogens is 433 g/mol. The number of benzene rings is 2. The lowest BCUT2D eigenvalue weighted by molar-refractivity contribution is -0.127. The van der Waals surface area contributed by atoms with Crippen molar-refractivity contribution in [1.29, 1.82) is 0 Å². The summed E-state index contributed by atoms with van der Waals surface area (Å²) >= 11 is 4.64. The van der Waals surface area contributed by atoms with Crippen LogP contribution < -0.4 is 5.84 Å². The number of carbonyl (C=O) groups excluding carboxylic acids is 1. The molecule has 1 amide bonds. The fourth-order valence-electron chi connectivity index (χ4n) is 2.41. The van der Waals surface area contributed by atoms with Gasteiger partial charge in [0.2, 0.25) is 11.1 Å². The normalized spacial score (nSPS) is 10.8. The summed E-state index contributed by atoms with van der Waals surface area (Å²) in [6, 6.07) is 13.9. The summed E-state index contributed by atoms with van der Waals surface area (Å²) in [5.41, 5.74) is 1.28. The fraction of sp³-hybridized carbons (Fsp3) is 0.167. The zero-order valence-electron chi connectivity index (χ0n) is 14.5. The van der Waals surface area contributed by atoms with Crippen molar-refractivity contribution in [2.75, 3.05) is 18.6 Å². The number of carbonyl (C=O) groups is 1. The van der Waals surface area contributed by atoms with Crippen molar-refractivity contribution in [2.24, 2.45) is 0 Å². The predicted molar refractivity (Wildman–Crippen MR) is 107 cm³/mol. The number of amides is 1.